The molecule has 0 saturated heterocycles. The summed E-state index contributed by atoms with van der Waals surface area (Å²) in [7, 11) is 0. The molecule has 0 aliphatic carbocycles. The average Bonchev–Trinajstić information content (AvgIpc) is 3.57. The molecule has 10 rings (SSSR count). The van der Waals surface area contributed by atoms with Gasteiger partial charge in [0.05, 0.1) is 22.7 Å². The Morgan fingerprint density at radius 2 is 0.755 bits per heavy atom. The fourth-order valence-corrected chi connectivity index (χ4v) is 8.24. The van der Waals surface area contributed by atoms with E-state index in [1.54, 1.807) is 0 Å². The maximum atomic E-state index is 10.3. The summed E-state index contributed by atoms with van der Waals surface area (Å²) in [5, 5.41) is 17.6. The van der Waals surface area contributed by atoms with Crippen LogP contribution < -0.4 is 0 Å². The molecule has 9 aromatic carbocycles. The van der Waals surface area contributed by atoms with Gasteiger partial charge in [-0.15, -0.1) is 0 Å². The lowest BCUT2D eigenvalue weighted by Crippen LogP contribution is -1.93. The Hall–Kier alpha value is -7.21. The maximum absolute atomic E-state index is 10.3. The van der Waals surface area contributed by atoms with Crippen molar-refractivity contribution in [2.45, 2.75) is 0 Å². The van der Waals surface area contributed by atoms with E-state index in [2.05, 4.69) is 193 Å². The largest absolute Gasteiger partial charge is 0.309 e. The Labute approximate surface area is 308 Å². The third kappa shape index (κ3) is 5.10. The molecule has 0 N–H and O–H groups in total. The van der Waals surface area contributed by atoms with E-state index >= 15 is 0 Å². The first kappa shape index (κ1) is 30.6. The van der Waals surface area contributed by atoms with E-state index < -0.39 is 0 Å². The van der Waals surface area contributed by atoms with Crippen LogP contribution in [0, 0.1) is 11.3 Å². The molecule has 0 fully saturated rings. The van der Waals surface area contributed by atoms with Gasteiger partial charge < -0.3 is 4.57 Å². The van der Waals surface area contributed by atoms with Crippen molar-refractivity contribution in [1.82, 2.24) is 4.57 Å². The van der Waals surface area contributed by atoms with Crippen molar-refractivity contribution in [2.24, 2.45) is 0 Å². The van der Waals surface area contributed by atoms with Crippen molar-refractivity contribution in [3.63, 3.8) is 0 Å². The number of nitriles is 1. The molecule has 0 atom stereocenters. The molecule has 0 aliphatic heterocycles. The zero-order valence-corrected chi connectivity index (χ0v) is 28.9. The molecular weight excluding hydrogens is 641 g/mol. The molecular formula is C51H32N2. The van der Waals surface area contributed by atoms with Gasteiger partial charge in [0.25, 0.3) is 0 Å². The highest BCUT2D eigenvalue weighted by atomic mass is 15.0. The van der Waals surface area contributed by atoms with E-state index in [0.29, 0.717) is 5.56 Å². The first-order valence-corrected chi connectivity index (χ1v) is 18.0. The van der Waals surface area contributed by atoms with Crippen molar-refractivity contribution in [3.8, 4) is 56.3 Å². The highest BCUT2D eigenvalue weighted by molar-refractivity contribution is 6.21. The van der Waals surface area contributed by atoms with Gasteiger partial charge in [0.1, 0.15) is 0 Å². The molecule has 0 aliphatic rings. The highest BCUT2D eigenvalue weighted by Crippen LogP contribution is 2.44. The second-order valence-electron chi connectivity index (χ2n) is 13.6. The smallest absolute Gasteiger partial charge is 0.0992 e. The highest BCUT2D eigenvalue weighted by Gasteiger charge is 2.18. The molecule has 0 radical (unpaired) electrons. The average molecular weight is 673 g/mol. The van der Waals surface area contributed by atoms with Crippen molar-refractivity contribution >= 4 is 43.4 Å². The number of hydrogen-bond acceptors (Lipinski definition) is 1. The van der Waals surface area contributed by atoms with Gasteiger partial charge in [0.15, 0.2) is 0 Å². The Balaban J connectivity index is 1.09. The van der Waals surface area contributed by atoms with E-state index in [9.17, 15) is 5.26 Å². The fourth-order valence-electron chi connectivity index (χ4n) is 8.24. The summed E-state index contributed by atoms with van der Waals surface area (Å²) in [6.45, 7) is 0. The minimum Gasteiger partial charge on any atom is -0.309 e. The number of nitrogens with zero attached hydrogens (tertiary/aromatic N) is 2. The Morgan fingerprint density at radius 1 is 0.321 bits per heavy atom. The summed E-state index contributed by atoms with van der Waals surface area (Å²) in [6.07, 6.45) is 0. The van der Waals surface area contributed by atoms with Gasteiger partial charge in [0.2, 0.25) is 0 Å². The second-order valence-corrected chi connectivity index (χ2v) is 13.6. The van der Waals surface area contributed by atoms with Crippen LogP contribution >= 0.6 is 0 Å². The van der Waals surface area contributed by atoms with Gasteiger partial charge in [-0.25, -0.2) is 0 Å². The third-order valence-electron chi connectivity index (χ3n) is 10.6. The molecule has 1 aromatic heterocycles. The molecule has 2 heteroatoms. The van der Waals surface area contributed by atoms with Gasteiger partial charge >= 0.3 is 0 Å². The number of fused-ring (bicyclic) bond motifs is 5. The zero-order valence-electron chi connectivity index (χ0n) is 28.9. The number of hydrogen-bond donors (Lipinski definition) is 0. The number of para-hydroxylation sites is 2. The van der Waals surface area contributed by atoms with Gasteiger partial charge in [0, 0.05) is 16.5 Å². The summed E-state index contributed by atoms with van der Waals surface area (Å²) in [5.74, 6) is 0. The van der Waals surface area contributed by atoms with Crippen LogP contribution in [0.2, 0.25) is 0 Å². The minimum absolute atomic E-state index is 0.638. The van der Waals surface area contributed by atoms with Crippen LogP contribution in [0.25, 0.3) is 93.5 Å². The first-order chi connectivity index (χ1) is 26.2. The molecule has 1 heterocycles. The van der Waals surface area contributed by atoms with E-state index in [1.165, 1.54) is 54.5 Å². The zero-order chi connectivity index (χ0) is 35.3. The number of benzene rings is 9. The predicted octanol–water partition coefficient (Wildman–Crippen LogP) is 13.6. The van der Waals surface area contributed by atoms with Crippen LogP contribution in [0.3, 0.4) is 0 Å². The van der Waals surface area contributed by atoms with E-state index in [0.717, 1.165) is 39.1 Å². The SMILES string of the molecule is N#Cc1cc(-c2cccc(-c3ccc(-n4c5ccccc5c5ccccc54)cc3)c2)cc(-c2c3ccccc3c(-c3ccccc3)c3ccccc23)c1. The van der Waals surface area contributed by atoms with Crippen molar-refractivity contribution in [1.29, 1.82) is 5.26 Å². The Bertz CT molecular complexity index is 2940. The molecule has 2 nitrogen and oxygen atoms in total. The summed E-state index contributed by atoms with van der Waals surface area (Å²) in [6, 6.07) is 71.5. The lowest BCUT2D eigenvalue weighted by atomic mass is 9.85. The molecule has 53 heavy (non-hydrogen) atoms. The quantitative estimate of drug-likeness (QED) is 0.167. The molecule has 0 saturated carbocycles. The van der Waals surface area contributed by atoms with Crippen LogP contribution in [0.5, 0.6) is 0 Å². The van der Waals surface area contributed by atoms with Crippen LogP contribution in [-0.4, -0.2) is 4.57 Å². The third-order valence-corrected chi connectivity index (χ3v) is 10.6. The summed E-state index contributed by atoms with van der Waals surface area (Å²) >= 11 is 0. The van der Waals surface area contributed by atoms with Crippen LogP contribution in [0.15, 0.2) is 194 Å². The maximum Gasteiger partial charge on any atom is 0.0992 e. The standard InChI is InChI=1S/C51H32N2/c52-33-34-29-39(32-40(30-34)51-46-21-6-4-19-44(46)50(36-13-2-1-3-14-36)45-20-5-7-22-47(45)51)38-16-12-15-37(31-38)35-25-27-41(28-26-35)53-48-23-10-8-17-42(48)43-18-9-11-24-49(43)53/h1-32H. The molecule has 246 valence electrons. The predicted molar refractivity (Wildman–Crippen MR) is 222 cm³/mol. The molecule has 0 spiro atoms. The van der Waals surface area contributed by atoms with Crippen molar-refractivity contribution in [3.05, 3.63) is 200 Å². The first-order valence-electron chi connectivity index (χ1n) is 18.0. The number of rotatable bonds is 5. The summed E-state index contributed by atoms with van der Waals surface area (Å²) in [4.78, 5) is 0. The topological polar surface area (TPSA) is 28.7 Å². The molecule has 0 amide bonds. The Morgan fingerprint density at radius 3 is 1.32 bits per heavy atom. The molecule has 0 unspecified atom stereocenters. The van der Waals surface area contributed by atoms with Gasteiger partial charge in [-0.2, -0.15) is 5.26 Å². The summed E-state index contributed by atoms with van der Waals surface area (Å²) in [5.41, 5.74) is 13.1. The summed E-state index contributed by atoms with van der Waals surface area (Å²) < 4.78 is 2.35. The molecule has 0 bridgehead atoms. The van der Waals surface area contributed by atoms with Crippen molar-refractivity contribution in [2.75, 3.05) is 0 Å². The molecule has 10 aromatic rings. The normalized spacial score (nSPS) is 11.4. The monoisotopic (exact) mass is 672 g/mol. The lowest BCUT2D eigenvalue weighted by Gasteiger charge is -2.18. The lowest BCUT2D eigenvalue weighted by molar-refractivity contribution is 1.18. The van der Waals surface area contributed by atoms with Gasteiger partial charge in [-0.3, -0.25) is 0 Å². The van der Waals surface area contributed by atoms with Gasteiger partial charge in [-0.05, 0) is 115 Å². The second kappa shape index (κ2) is 12.5. The fraction of sp³-hybridized carbons (Fsp3) is 0. The Kier molecular flexibility index (Phi) is 7.23. The minimum atomic E-state index is 0.638. The van der Waals surface area contributed by atoms with Gasteiger partial charge in [-0.1, -0.05) is 146 Å². The van der Waals surface area contributed by atoms with Crippen LogP contribution in [-0.2, 0) is 0 Å². The van der Waals surface area contributed by atoms with E-state index in [-0.39, 0.29) is 0 Å². The van der Waals surface area contributed by atoms with Crippen LogP contribution in [0.1, 0.15) is 5.56 Å². The number of aromatic nitrogens is 1. The van der Waals surface area contributed by atoms with E-state index in [4.69, 9.17) is 0 Å². The van der Waals surface area contributed by atoms with E-state index in [1.807, 2.05) is 12.1 Å². The van der Waals surface area contributed by atoms with Crippen molar-refractivity contribution < 1.29 is 0 Å². The van der Waals surface area contributed by atoms with Crippen LogP contribution in [0.4, 0.5) is 0 Å².